The van der Waals surface area contributed by atoms with Gasteiger partial charge in [-0.2, -0.15) is 5.48 Å². The summed E-state index contributed by atoms with van der Waals surface area (Å²) in [5.41, 5.74) is 1.58. The molecule has 104 valence electrons. The van der Waals surface area contributed by atoms with E-state index in [1.165, 1.54) is 11.3 Å². The van der Waals surface area contributed by atoms with Crippen LogP contribution in [0.1, 0.15) is 58.3 Å². The van der Waals surface area contributed by atoms with Gasteiger partial charge in [0.1, 0.15) is 5.66 Å². The quantitative estimate of drug-likeness (QED) is 0.341. The van der Waals surface area contributed by atoms with Crippen LogP contribution in [0.25, 0.3) is 0 Å². The zero-order valence-electron chi connectivity index (χ0n) is 11.2. The molecule has 1 fully saturated rings. The fraction of sp³-hybridized carbons (Fsp3) is 0.846. The van der Waals surface area contributed by atoms with Gasteiger partial charge in [-0.25, -0.2) is 0 Å². The molecule has 0 unspecified atom stereocenters. The minimum Gasteiger partial charge on any atom is -0.316 e. The maximum atomic E-state index is 11.8. The number of rotatable bonds is 5. The molecule has 1 saturated carbocycles. The summed E-state index contributed by atoms with van der Waals surface area (Å²) in [5.74, 6) is -0.543. The van der Waals surface area contributed by atoms with Gasteiger partial charge in [-0.1, -0.05) is 26.2 Å². The van der Waals surface area contributed by atoms with Gasteiger partial charge in [0.25, 0.3) is 5.91 Å². The summed E-state index contributed by atoms with van der Waals surface area (Å²) in [6, 6.07) is 0. The Morgan fingerprint density at radius 2 is 1.83 bits per heavy atom. The van der Waals surface area contributed by atoms with Crippen LogP contribution < -0.4 is 5.48 Å². The first-order valence-corrected chi connectivity index (χ1v) is 6.88. The van der Waals surface area contributed by atoms with E-state index < -0.39 is 11.6 Å². The molecule has 1 aliphatic rings. The lowest BCUT2D eigenvalue weighted by atomic mass is 9.89. The first-order valence-electron chi connectivity index (χ1n) is 6.88. The zero-order valence-corrected chi connectivity index (χ0v) is 11.2. The highest BCUT2D eigenvalue weighted by Crippen LogP contribution is 2.29. The summed E-state index contributed by atoms with van der Waals surface area (Å²) in [6.45, 7) is 2.45. The van der Waals surface area contributed by atoms with Gasteiger partial charge in [0.2, 0.25) is 6.29 Å². The van der Waals surface area contributed by atoms with Crippen molar-refractivity contribution in [2.24, 2.45) is 0 Å². The van der Waals surface area contributed by atoms with Gasteiger partial charge in [0.05, 0.1) is 0 Å². The van der Waals surface area contributed by atoms with Crippen molar-refractivity contribution in [2.45, 2.75) is 64.0 Å². The van der Waals surface area contributed by atoms with E-state index in [4.69, 9.17) is 0 Å². The number of hydrogen-bond donors (Lipinski definition) is 2. The average Bonchev–Trinajstić information content (AvgIpc) is 2.36. The van der Waals surface area contributed by atoms with E-state index in [-0.39, 0.29) is 0 Å². The fourth-order valence-electron chi connectivity index (χ4n) is 2.75. The maximum absolute atomic E-state index is 11.8. The smallest absolute Gasteiger partial charge is 0.288 e. The van der Waals surface area contributed by atoms with Gasteiger partial charge >= 0.3 is 0 Å². The number of hydrogen-bond acceptors (Lipinski definition) is 4. The molecule has 0 aliphatic heterocycles. The molecular weight excluding hydrogens is 232 g/mol. The molecule has 1 amide bonds. The van der Waals surface area contributed by atoms with Crippen molar-refractivity contribution in [3.05, 3.63) is 0 Å². The molecule has 0 spiro atoms. The number of aldehydes is 1. The monoisotopic (exact) mass is 256 g/mol. The molecule has 0 aromatic carbocycles. The van der Waals surface area contributed by atoms with Crippen LogP contribution in [0.15, 0.2) is 0 Å². The summed E-state index contributed by atoms with van der Waals surface area (Å²) >= 11 is 0. The number of carbonyl (C=O) groups excluding carboxylic acids is 2. The molecule has 2 N–H and O–H groups in total. The molecule has 18 heavy (non-hydrogen) atoms. The molecule has 0 radical (unpaired) electrons. The lowest BCUT2D eigenvalue weighted by Gasteiger charge is -2.43. The van der Waals surface area contributed by atoms with Crippen LogP contribution in [-0.4, -0.2) is 34.5 Å². The standard InChI is InChI=1S/C13H24N2O3/c1-2-10-15(12(17)11-16)13(14-18)8-6-4-3-5-7-9-13/h11,14,18H,2-10H2,1H3. The normalized spacial score (nSPS) is 19.7. The highest BCUT2D eigenvalue weighted by Gasteiger charge is 2.38. The summed E-state index contributed by atoms with van der Waals surface area (Å²) < 4.78 is 0. The van der Waals surface area contributed by atoms with Crippen LogP contribution in [0, 0.1) is 0 Å². The van der Waals surface area contributed by atoms with Crippen LogP contribution in [0.5, 0.6) is 0 Å². The SMILES string of the molecule is CCCN(C(=O)C=O)C1(NO)CCCCCCC1. The molecule has 0 aromatic heterocycles. The Morgan fingerprint density at radius 3 is 2.28 bits per heavy atom. The zero-order chi connectivity index (χ0) is 13.4. The minimum atomic E-state index is -0.756. The Hall–Kier alpha value is -0.940. The van der Waals surface area contributed by atoms with Crippen molar-refractivity contribution in [3.63, 3.8) is 0 Å². The van der Waals surface area contributed by atoms with Crippen LogP contribution >= 0.6 is 0 Å². The number of carbonyl (C=O) groups is 2. The van der Waals surface area contributed by atoms with Crippen LogP contribution in [-0.2, 0) is 9.59 Å². The minimum absolute atomic E-state index is 0.341. The summed E-state index contributed by atoms with van der Waals surface area (Å²) in [5, 5.41) is 9.54. The van der Waals surface area contributed by atoms with E-state index in [2.05, 4.69) is 5.48 Å². The highest BCUT2D eigenvalue weighted by molar-refractivity contribution is 6.23. The van der Waals surface area contributed by atoms with Crippen LogP contribution in [0.4, 0.5) is 0 Å². The lowest BCUT2D eigenvalue weighted by Crippen LogP contribution is -2.60. The van der Waals surface area contributed by atoms with E-state index in [0.29, 0.717) is 25.7 Å². The number of nitrogens with zero attached hydrogens (tertiary/aromatic N) is 1. The number of hydroxylamine groups is 1. The van der Waals surface area contributed by atoms with Crippen molar-refractivity contribution in [1.29, 1.82) is 0 Å². The Balaban J connectivity index is 2.90. The first kappa shape index (κ1) is 15.1. The van der Waals surface area contributed by atoms with Gasteiger partial charge in [-0.15, -0.1) is 0 Å². The average molecular weight is 256 g/mol. The van der Waals surface area contributed by atoms with E-state index in [1.54, 1.807) is 0 Å². The molecule has 1 rings (SSSR count). The van der Waals surface area contributed by atoms with Gasteiger partial charge in [-0.3, -0.25) is 9.59 Å². The topological polar surface area (TPSA) is 69.6 Å². The van der Waals surface area contributed by atoms with Gasteiger partial charge in [0, 0.05) is 6.54 Å². The van der Waals surface area contributed by atoms with Crippen molar-refractivity contribution in [3.8, 4) is 0 Å². The Labute approximate surface area is 108 Å². The number of nitrogens with one attached hydrogen (secondary N) is 1. The van der Waals surface area contributed by atoms with E-state index in [9.17, 15) is 14.8 Å². The lowest BCUT2D eigenvalue weighted by molar-refractivity contribution is -0.152. The summed E-state index contributed by atoms with van der Waals surface area (Å²) in [7, 11) is 0. The van der Waals surface area contributed by atoms with Gasteiger partial charge in [-0.05, 0) is 32.1 Å². The highest BCUT2D eigenvalue weighted by atomic mass is 16.5. The predicted molar refractivity (Wildman–Crippen MR) is 68.0 cm³/mol. The molecule has 0 heterocycles. The second-order valence-corrected chi connectivity index (χ2v) is 5.02. The first-order chi connectivity index (χ1) is 8.70. The fourth-order valence-corrected chi connectivity index (χ4v) is 2.75. The Bertz CT molecular complexity index is 273. The van der Waals surface area contributed by atoms with Crippen molar-refractivity contribution >= 4 is 12.2 Å². The van der Waals surface area contributed by atoms with E-state index in [0.717, 1.165) is 32.1 Å². The summed E-state index contributed by atoms with van der Waals surface area (Å²) in [4.78, 5) is 24.1. The maximum Gasteiger partial charge on any atom is 0.288 e. The Morgan fingerprint density at radius 1 is 1.28 bits per heavy atom. The van der Waals surface area contributed by atoms with Crippen LogP contribution in [0.3, 0.4) is 0 Å². The van der Waals surface area contributed by atoms with E-state index in [1.807, 2.05) is 6.92 Å². The molecule has 5 nitrogen and oxygen atoms in total. The predicted octanol–water partition coefficient (Wildman–Crippen LogP) is 1.84. The van der Waals surface area contributed by atoms with Gasteiger partial charge < -0.3 is 10.1 Å². The molecule has 0 aromatic rings. The number of amides is 1. The van der Waals surface area contributed by atoms with Crippen molar-refractivity contribution < 1.29 is 14.8 Å². The molecule has 0 atom stereocenters. The van der Waals surface area contributed by atoms with Crippen LogP contribution in [0.2, 0.25) is 0 Å². The van der Waals surface area contributed by atoms with Gasteiger partial charge in [0.15, 0.2) is 0 Å². The second kappa shape index (κ2) is 7.48. The third-order valence-corrected chi connectivity index (χ3v) is 3.72. The molecular formula is C13H24N2O3. The molecule has 1 aliphatic carbocycles. The molecule has 0 saturated heterocycles. The molecule has 5 heteroatoms. The summed E-state index contributed by atoms with van der Waals surface area (Å²) in [6.07, 6.45) is 7.84. The third-order valence-electron chi connectivity index (χ3n) is 3.72. The molecule has 0 bridgehead atoms. The third kappa shape index (κ3) is 3.53. The largest absolute Gasteiger partial charge is 0.316 e. The van der Waals surface area contributed by atoms with E-state index >= 15 is 0 Å². The Kier molecular flexibility index (Phi) is 6.29. The van der Waals surface area contributed by atoms with Crippen molar-refractivity contribution in [1.82, 2.24) is 10.4 Å². The van der Waals surface area contributed by atoms with Crippen molar-refractivity contribution in [2.75, 3.05) is 6.54 Å². The second-order valence-electron chi connectivity index (χ2n) is 5.02.